The topological polar surface area (TPSA) is 26.0 Å². The molecule has 21 heavy (non-hydrogen) atoms. The van der Waals surface area contributed by atoms with Crippen molar-refractivity contribution < 1.29 is 0 Å². The van der Waals surface area contributed by atoms with E-state index in [9.17, 15) is 0 Å². The van der Waals surface area contributed by atoms with E-state index in [1.165, 1.54) is 21.2 Å². The Morgan fingerprint density at radius 3 is 2.33 bits per heavy atom. The van der Waals surface area contributed by atoms with Gasteiger partial charge in [-0.15, -0.1) is 0 Å². The molecule has 0 saturated heterocycles. The average molecular weight is 269 g/mol. The van der Waals surface area contributed by atoms with Crippen LogP contribution in [0.25, 0.3) is 12.2 Å². The molecule has 1 nitrogen and oxygen atoms in total. The molecule has 1 aliphatic rings. The van der Waals surface area contributed by atoms with Crippen molar-refractivity contribution in [1.82, 2.24) is 0 Å². The molecular formula is C20H15N. The van der Waals surface area contributed by atoms with Gasteiger partial charge < -0.3 is 5.73 Å². The molecule has 100 valence electrons. The van der Waals surface area contributed by atoms with Gasteiger partial charge >= 0.3 is 0 Å². The Bertz CT molecular complexity index is 1030. The lowest BCUT2D eigenvalue weighted by molar-refractivity contribution is 1.46. The monoisotopic (exact) mass is 269 g/mol. The highest BCUT2D eigenvalue weighted by Crippen LogP contribution is 2.14. The molecule has 0 spiro atoms. The van der Waals surface area contributed by atoms with E-state index in [-0.39, 0.29) is 0 Å². The predicted molar refractivity (Wildman–Crippen MR) is 87.8 cm³/mol. The number of hydrogen-bond acceptors (Lipinski definition) is 1. The summed E-state index contributed by atoms with van der Waals surface area (Å²) in [4.78, 5) is 0. The minimum atomic E-state index is 0.854. The molecule has 0 bridgehead atoms. The van der Waals surface area contributed by atoms with Gasteiger partial charge in [0.2, 0.25) is 0 Å². The van der Waals surface area contributed by atoms with Crippen molar-refractivity contribution in [3.05, 3.63) is 98.7 Å². The van der Waals surface area contributed by atoms with E-state index in [1.54, 1.807) is 0 Å². The Balaban J connectivity index is 2.03. The summed E-state index contributed by atoms with van der Waals surface area (Å²) >= 11 is 0. The van der Waals surface area contributed by atoms with Gasteiger partial charge in [0, 0.05) is 11.3 Å². The minimum absolute atomic E-state index is 0.854. The van der Waals surface area contributed by atoms with E-state index in [0.29, 0.717) is 0 Å². The fraction of sp³-hybridized carbons (Fsp3) is 0. The Morgan fingerprint density at radius 2 is 1.48 bits per heavy atom. The second-order valence-corrected chi connectivity index (χ2v) is 5.32. The minimum Gasteiger partial charge on any atom is -0.398 e. The second-order valence-electron chi connectivity index (χ2n) is 5.32. The fourth-order valence-corrected chi connectivity index (χ4v) is 2.92. The lowest BCUT2D eigenvalue weighted by Crippen LogP contribution is -2.10. The van der Waals surface area contributed by atoms with Crippen LogP contribution in [0.2, 0.25) is 0 Å². The van der Waals surface area contributed by atoms with Crippen LogP contribution < -0.4 is 16.2 Å². The second kappa shape index (κ2) is 4.64. The summed E-state index contributed by atoms with van der Waals surface area (Å²) in [6.45, 7) is 0. The van der Waals surface area contributed by atoms with Gasteiger partial charge in [-0.2, -0.15) is 0 Å². The van der Waals surface area contributed by atoms with E-state index in [1.807, 2.05) is 18.2 Å². The number of nitrogens with two attached hydrogens (primary N) is 1. The van der Waals surface area contributed by atoms with Gasteiger partial charge in [-0.1, -0.05) is 66.7 Å². The normalized spacial score (nSPS) is 12.7. The molecule has 0 amide bonds. The Labute approximate surface area is 123 Å². The van der Waals surface area contributed by atoms with Gasteiger partial charge in [0.15, 0.2) is 0 Å². The highest BCUT2D eigenvalue weighted by molar-refractivity contribution is 5.70. The number of fused-ring (bicyclic) bond motifs is 2. The summed E-state index contributed by atoms with van der Waals surface area (Å²) in [6, 6.07) is 23.0. The van der Waals surface area contributed by atoms with Gasteiger partial charge in [0.25, 0.3) is 0 Å². The molecule has 3 aromatic carbocycles. The van der Waals surface area contributed by atoms with Gasteiger partial charge in [-0.05, 0) is 38.6 Å². The fourth-order valence-electron chi connectivity index (χ4n) is 2.92. The van der Waals surface area contributed by atoms with E-state index >= 15 is 0 Å². The lowest BCUT2D eigenvalue weighted by atomic mass is 10.1. The lowest BCUT2D eigenvalue weighted by Gasteiger charge is -2.01. The average Bonchev–Trinajstić information content (AvgIpc) is 2.91. The zero-order valence-electron chi connectivity index (χ0n) is 11.6. The highest BCUT2D eigenvalue weighted by atomic mass is 14.6. The van der Waals surface area contributed by atoms with Crippen LogP contribution in [0.1, 0.15) is 11.1 Å². The van der Waals surface area contributed by atoms with Crippen molar-refractivity contribution in [2.24, 2.45) is 0 Å². The Morgan fingerprint density at radius 1 is 0.714 bits per heavy atom. The van der Waals surface area contributed by atoms with Crippen LogP contribution in [0.15, 0.2) is 66.7 Å². The van der Waals surface area contributed by atoms with Gasteiger partial charge in [0.05, 0.1) is 0 Å². The van der Waals surface area contributed by atoms with Crippen LogP contribution in [-0.2, 0) is 0 Å². The largest absolute Gasteiger partial charge is 0.398 e. The molecule has 0 heterocycles. The summed E-state index contributed by atoms with van der Waals surface area (Å²) in [5.41, 5.74) is 9.56. The molecule has 1 heteroatoms. The third kappa shape index (κ3) is 1.95. The molecule has 0 radical (unpaired) electrons. The molecule has 0 atom stereocenters. The third-order valence-electron chi connectivity index (χ3n) is 3.99. The van der Waals surface area contributed by atoms with Crippen LogP contribution in [-0.4, -0.2) is 0 Å². The number of benzene rings is 3. The SMILES string of the molecule is Nc1c2c(ccc1=Cc1ccccc1)=c1ccccc1=C2. The van der Waals surface area contributed by atoms with Crippen molar-refractivity contribution >= 4 is 17.8 Å². The third-order valence-corrected chi connectivity index (χ3v) is 3.99. The first-order valence-corrected chi connectivity index (χ1v) is 7.09. The first kappa shape index (κ1) is 12.0. The van der Waals surface area contributed by atoms with E-state index in [4.69, 9.17) is 5.73 Å². The molecule has 0 unspecified atom stereocenters. The molecule has 4 rings (SSSR count). The van der Waals surface area contributed by atoms with Crippen molar-refractivity contribution in [1.29, 1.82) is 0 Å². The Hall–Kier alpha value is -2.80. The summed E-state index contributed by atoms with van der Waals surface area (Å²) in [5, 5.41) is 4.82. The number of nitrogen functional groups attached to an aromatic ring is 1. The van der Waals surface area contributed by atoms with E-state index in [2.05, 4.69) is 60.7 Å². The smallest absolute Gasteiger partial charge is 0.0467 e. The van der Waals surface area contributed by atoms with E-state index in [0.717, 1.165) is 16.5 Å². The molecule has 0 aromatic heterocycles. The molecule has 0 aliphatic heterocycles. The van der Waals surface area contributed by atoms with Gasteiger partial charge in [-0.25, -0.2) is 0 Å². The van der Waals surface area contributed by atoms with Crippen LogP contribution in [0, 0.1) is 10.4 Å². The van der Waals surface area contributed by atoms with Crippen molar-refractivity contribution in [3.63, 3.8) is 0 Å². The zero-order valence-corrected chi connectivity index (χ0v) is 11.6. The summed E-state index contributed by atoms with van der Waals surface area (Å²) in [5.74, 6) is 0. The molecule has 0 saturated carbocycles. The van der Waals surface area contributed by atoms with Crippen LogP contribution in [0.5, 0.6) is 0 Å². The van der Waals surface area contributed by atoms with Crippen molar-refractivity contribution in [3.8, 4) is 0 Å². The summed E-state index contributed by atoms with van der Waals surface area (Å²) < 4.78 is 0. The van der Waals surface area contributed by atoms with E-state index < -0.39 is 0 Å². The molecule has 0 fully saturated rings. The molecule has 2 N–H and O–H groups in total. The molecule has 1 aliphatic carbocycles. The number of anilines is 1. The van der Waals surface area contributed by atoms with Crippen molar-refractivity contribution in [2.45, 2.75) is 0 Å². The number of rotatable bonds is 1. The quantitative estimate of drug-likeness (QED) is 0.528. The van der Waals surface area contributed by atoms with Crippen LogP contribution in [0.4, 0.5) is 5.69 Å². The summed E-state index contributed by atoms with van der Waals surface area (Å²) in [6.07, 6.45) is 4.31. The Kier molecular flexibility index (Phi) is 2.65. The van der Waals surface area contributed by atoms with Crippen LogP contribution in [0.3, 0.4) is 0 Å². The zero-order chi connectivity index (χ0) is 14.2. The summed E-state index contributed by atoms with van der Waals surface area (Å²) in [7, 11) is 0. The van der Waals surface area contributed by atoms with Gasteiger partial charge in [-0.3, -0.25) is 0 Å². The first-order chi connectivity index (χ1) is 10.3. The van der Waals surface area contributed by atoms with Crippen LogP contribution >= 0.6 is 0 Å². The maximum Gasteiger partial charge on any atom is 0.0467 e. The predicted octanol–water partition coefficient (Wildman–Crippen LogP) is 2.53. The van der Waals surface area contributed by atoms with Crippen molar-refractivity contribution in [2.75, 3.05) is 5.73 Å². The molecular weight excluding hydrogens is 254 g/mol. The maximum atomic E-state index is 6.40. The highest BCUT2D eigenvalue weighted by Gasteiger charge is 2.06. The first-order valence-electron chi connectivity index (χ1n) is 7.09. The maximum absolute atomic E-state index is 6.40. The molecule has 3 aromatic rings. The standard InChI is InChI=1S/C20H15N/c21-20-16(12-14-6-2-1-3-7-14)10-11-18-17-9-5-4-8-15(17)13-19(18)20/h1-13H,21H2. The van der Waals surface area contributed by atoms with Gasteiger partial charge in [0.1, 0.15) is 0 Å². The number of hydrogen-bond donors (Lipinski definition) is 1.